The zero-order valence-electron chi connectivity index (χ0n) is 8.43. The third-order valence-corrected chi connectivity index (χ3v) is 1.74. The molecule has 15 heavy (non-hydrogen) atoms. The van der Waals surface area contributed by atoms with E-state index in [0.717, 1.165) is 0 Å². The molecule has 0 N–H and O–H groups in total. The van der Waals surface area contributed by atoms with Gasteiger partial charge >= 0.3 is 5.97 Å². The number of esters is 1. The maximum absolute atomic E-state index is 11.0. The molecule has 6 heteroatoms. The summed E-state index contributed by atoms with van der Waals surface area (Å²) in [6.45, 7) is 0.363. The highest BCUT2D eigenvalue weighted by Crippen LogP contribution is 2.06. The van der Waals surface area contributed by atoms with Gasteiger partial charge in [0.15, 0.2) is 6.04 Å². The van der Waals surface area contributed by atoms with Crippen LogP contribution in [0.3, 0.4) is 0 Å². The number of carbonyl (C=O) groups excluding carboxylic acids is 3. The van der Waals surface area contributed by atoms with Gasteiger partial charge in [-0.1, -0.05) is 0 Å². The minimum atomic E-state index is -0.798. The number of hydrogen-bond donors (Lipinski definition) is 0. The van der Waals surface area contributed by atoms with Crippen molar-refractivity contribution in [3.8, 4) is 0 Å². The van der Waals surface area contributed by atoms with Crippen molar-refractivity contribution < 1.29 is 19.1 Å². The maximum atomic E-state index is 11.0. The molecule has 0 rings (SSSR count). The largest absolute Gasteiger partial charge is 0.467 e. The molecule has 0 fully saturated rings. The molecule has 1 atom stereocenters. The van der Waals surface area contributed by atoms with Crippen LogP contribution in [0, 0.1) is 0 Å². The van der Waals surface area contributed by atoms with Crippen molar-refractivity contribution in [3.05, 3.63) is 0 Å². The standard InChI is InChI=1S/C9H12N2O4/c1-15-9(14)8(11-7-13)4-2-3-5-10-6-12/h8H,2-5H2,1H3/t8-/m0/s1. The Kier molecular flexibility index (Phi) is 7.77. The van der Waals surface area contributed by atoms with E-state index in [4.69, 9.17) is 0 Å². The Bertz CT molecular complexity index is 290. The first-order valence-electron chi connectivity index (χ1n) is 4.44. The van der Waals surface area contributed by atoms with E-state index < -0.39 is 12.0 Å². The number of aliphatic imine (C=N–C) groups is 2. The summed E-state index contributed by atoms with van der Waals surface area (Å²) in [4.78, 5) is 37.4. The molecule has 82 valence electrons. The topological polar surface area (TPSA) is 85.2 Å². The molecule has 0 aliphatic heterocycles. The summed E-state index contributed by atoms with van der Waals surface area (Å²) in [5, 5.41) is 0. The third kappa shape index (κ3) is 6.32. The van der Waals surface area contributed by atoms with Gasteiger partial charge in [0.2, 0.25) is 12.2 Å². The lowest BCUT2D eigenvalue weighted by Crippen LogP contribution is -2.20. The van der Waals surface area contributed by atoms with E-state index in [0.29, 0.717) is 25.8 Å². The zero-order chi connectivity index (χ0) is 11.5. The Hall–Kier alpha value is -1.77. The summed E-state index contributed by atoms with van der Waals surface area (Å²) in [6.07, 6.45) is 4.38. The van der Waals surface area contributed by atoms with E-state index in [1.165, 1.54) is 19.3 Å². The van der Waals surface area contributed by atoms with Crippen LogP contribution in [-0.4, -0.2) is 37.8 Å². The lowest BCUT2D eigenvalue weighted by Gasteiger charge is -2.06. The Morgan fingerprint density at radius 1 is 1.33 bits per heavy atom. The number of ether oxygens (including phenoxy) is 1. The van der Waals surface area contributed by atoms with Crippen molar-refractivity contribution in [1.82, 2.24) is 0 Å². The van der Waals surface area contributed by atoms with Gasteiger partial charge in [-0.3, -0.25) is 0 Å². The molecule has 0 unspecified atom stereocenters. The van der Waals surface area contributed by atoms with Crippen molar-refractivity contribution >= 4 is 18.1 Å². The van der Waals surface area contributed by atoms with Crippen LogP contribution in [0.1, 0.15) is 19.3 Å². The second-order valence-corrected chi connectivity index (χ2v) is 2.73. The number of isocyanates is 2. The van der Waals surface area contributed by atoms with Gasteiger partial charge in [-0.05, 0) is 19.3 Å². The Morgan fingerprint density at radius 2 is 2.07 bits per heavy atom. The number of unbranched alkanes of at least 4 members (excludes halogenated alkanes) is 1. The smallest absolute Gasteiger partial charge is 0.331 e. The summed E-state index contributed by atoms with van der Waals surface area (Å²) < 4.78 is 4.45. The van der Waals surface area contributed by atoms with Crippen LogP contribution >= 0.6 is 0 Å². The summed E-state index contributed by atoms with van der Waals surface area (Å²) in [5.74, 6) is -0.558. The highest BCUT2D eigenvalue weighted by atomic mass is 16.5. The van der Waals surface area contributed by atoms with Crippen LogP contribution in [0.5, 0.6) is 0 Å². The minimum Gasteiger partial charge on any atom is -0.467 e. The Balaban J connectivity index is 3.91. The van der Waals surface area contributed by atoms with Crippen molar-refractivity contribution in [2.24, 2.45) is 9.98 Å². The third-order valence-electron chi connectivity index (χ3n) is 1.74. The van der Waals surface area contributed by atoms with Gasteiger partial charge in [0.05, 0.1) is 13.7 Å². The zero-order valence-corrected chi connectivity index (χ0v) is 8.43. The Labute approximate surface area is 87.0 Å². The van der Waals surface area contributed by atoms with Gasteiger partial charge in [0.25, 0.3) is 0 Å². The SMILES string of the molecule is COC(=O)[C@H](CCCCN=C=O)N=C=O. The molecular weight excluding hydrogens is 200 g/mol. The molecule has 0 saturated carbocycles. The minimum absolute atomic E-state index is 0.363. The predicted octanol–water partition coefficient (Wildman–Crippen LogP) is 0.370. The molecule has 0 spiro atoms. The van der Waals surface area contributed by atoms with Gasteiger partial charge in [0.1, 0.15) is 0 Å². The van der Waals surface area contributed by atoms with E-state index in [1.54, 1.807) is 0 Å². The van der Waals surface area contributed by atoms with Gasteiger partial charge in [-0.25, -0.2) is 19.4 Å². The molecule has 0 bridgehead atoms. The fraction of sp³-hybridized carbons (Fsp3) is 0.667. The van der Waals surface area contributed by atoms with Crippen LogP contribution in [0.2, 0.25) is 0 Å². The van der Waals surface area contributed by atoms with Crippen LogP contribution in [0.25, 0.3) is 0 Å². The molecule has 0 aromatic carbocycles. The summed E-state index contributed by atoms with van der Waals surface area (Å²) in [6, 6.07) is -0.798. The first kappa shape index (κ1) is 13.2. The second kappa shape index (κ2) is 8.81. The number of carbonyl (C=O) groups is 1. The summed E-state index contributed by atoms with van der Waals surface area (Å²) in [7, 11) is 1.23. The molecular formula is C9H12N2O4. The number of hydrogen-bond acceptors (Lipinski definition) is 6. The van der Waals surface area contributed by atoms with Crippen LogP contribution in [0.15, 0.2) is 9.98 Å². The lowest BCUT2D eigenvalue weighted by atomic mass is 10.1. The van der Waals surface area contributed by atoms with Crippen LogP contribution < -0.4 is 0 Å². The predicted molar refractivity (Wildman–Crippen MR) is 50.8 cm³/mol. The van der Waals surface area contributed by atoms with Gasteiger partial charge in [-0.2, -0.15) is 4.99 Å². The first-order valence-corrected chi connectivity index (χ1v) is 4.44. The van der Waals surface area contributed by atoms with Crippen molar-refractivity contribution in [2.45, 2.75) is 25.3 Å². The van der Waals surface area contributed by atoms with Gasteiger partial charge < -0.3 is 4.74 Å². The van der Waals surface area contributed by atoms with Crippen molar-refractivity contribution in [1.29, 1.82) is 0 Å². The molecule has 0 heterocycles. The first-order chi connectivity index (χ1) is 7.26. The summed E-state index contributed by atoms with van der Waals surface area (Å²) in [5.41, 5.74) is 0. The highest BCUT2D eigenvalue weighted by Gasteiger charge is 2.16. The normalized spacial score (nSPS) is 10.7. The molecule has 0 radical (unpaired) electrons. The van der Waals surface area contributed by atoms with Crippen LogP contribution in [0.4, 0.5) is 0 Å². The Morgan fingerprint density at radius 3 is 2.60 bits per heavy atom. The van der Waals surface area contributed by atoms with Crippen molar-refractivity contribution in [2.75, 3.05) is 13.7 Å². The highest BCUT2D eigenvalue weighted by molar-refractivity contribution is 5.76. The molecule has 0 aliphatic carbocycles. The second-order valence-electron chi connectivity index (χ2n) is 2.73. The molecule has 0 aromatic heterocycles. The fourth-order valence-corrected chi connectivity index (χ4v) is 1.01. The molecule has 0 amide bonds. The van der Waals surface area contributed by atoms with Crippen molar-refractivity contribution in [3.63, 3.8) is 0 Å². The fourth-order valence-electron chi connectivity index (χ4n) is 1.01. The van der Waals surface area contributed by atoms with E-state index in [1.807, 2.05) is 0 Å². The van der Waals surface area contributed by atoms with Gasteiger partial charge in [0, 0.05) is 0 Å². The average molecular weight is 212 g/mol. The molecule has 0 saturated heterocycles. The van der Waals surface area contributed by atoms with Crippen LogP contribution in [-0.2, 0) is 19.1 Å². The maximum Gasteiger partial charge on any atom is 0.331 e. The van der Waals surface area contributed by atoms with E-state index in [9.17, 15) is 14.4 Å². The van der Waals surface area contributed by atoms with E-state index in [-0.39, 0.29) is 0 Å². The van der Waals surface area contributed by atoms with Gasteiger partial charge in [-0.15, -0.1) is 0 Å². The molecule has 0 aliphatic rings. The quantitative estimate of drug-likeness (QED) is 0.264. The number of methoxy groups -OCH3 is 1. The number of rotatable bonds is 7. The molecule has 6 nitrogen and oxygen atoms in total. The monoisotopic (exact) mass is 212 g/mol. The van der Waals surface area contributed by atoms with E-state index >= 15 is 0 Å². The average Bonchev–Trinajstić information content (AvgIpc) is 2.26. The number of nitrogens with zero attached hydrogens (tertiary/aromatic N) is 2. The lowest BCUT2D eigenvalue weighted by molar-refractivity contribution is -0.142. The molecule has 0 aromatic rings. The summed E-state index contributed by atoms with van der Waals surface area (Å²) >= 11 is 0. The van der Waals surface area contributed by atoms with E-state index in [2.05, 4.69) is 14.7 Å².